The summed E-state index contributed by atoms with van der Waals surface area (Å²) in [5.74, 6) is 2.04. The van der Waals surface area contributed by atoms with Crippen molar-refractivity contribution in [3.8, 4) is 5.75 Å². The fraction of sp³-hybridized carbons (Fsp3) is 0.440. The van der Waals surface area contributed by atoms with Gasteiger partial charge in [0, 0.05) is 30.1 Å². The number of ether oxygens (including phenoxy) is 1. The molecule has 1 aliphatic carbocycles. The smallest absolute Gasteiger partial charge is 0.226 e. The number of benzene rings is 1. The van der Waals surface area contributed by atoms with Crippen LogP contribution in [0.1, 0.15) is 47.8 Å². The van der Waals surface area contributed by atoms with Crippen LogP contribution < -0.4 is 10.1 Å². The first-order valence-electron chi connectivity index (χ1n) is 11.8. The van der Waals surface area contributed by atoms with Gasteiger partial charge in [0.25, 0.3) is 0 Å². The van der Waals surface area contributed by atoms with Crippen LogP contribution in [0.25, 0.3) is 10.2 Å². The predicted octanol–water partition coefficient (Wildman–Crippen LogP) is 4.49. The lowest BCUT2D eigenvalue weighted by molar-refractivity contribution is -0.134. The lowest BCUT2D eigenvalue weighted by Gasteiger charge is -2.26. The van der Waals surface area contributed by atoms with Crippen molar-refractivity contribution in [3.05, 3.63) is 40.0 Å². The molecule has 6 rings (SSSR count). The summed E-state index contributed by atoms with van der Waals surface area (Å²) in [6.07, 6.45) is 8.39. The SMILES string of the molecule is CCOc1cc2c(cc1Nc1ncnc3sc4c(c13)CCC(C(=O)N1CCCC1)C4)C=NC2. The van der Waals surface area contributed by atoms with Gasteiger partial charge in [-0.15, -0.1) is 11.3 Å². The van der Waals surface area contributed by atoms with Gasteiger partial charge in [-0.3, -0.25) is 9.79 Å². The highest BCUT2D eigenvalue weighted by Gasteiger charge is 2.32. The normalized spacial score (nSPS) is 19.1. The van der Waals surface area contributed by atoms with E-state index in [4.69, 9.17) is 4.74 Å². The molecule has 4 heterocycles. The van der Waals surface area contributed by atoms with Crippen molar-refractivity contribution in [1.82, 2.24) is 14.9 Å². The first-order valence-corrected chi connectivity index (χ1v) is 12.6. The van der Waals surface area contributed by atoms with E-state index in [0.717, 1.165) is 78.2 Å². The molecule has 170 valence electrons. The van der Waals surface area contributed by atoms with Crippen LogP contribution in [0.3, 0.4) is 0 Å². The van der Waals surface area contributed by atoms with Crippen molar-refractivity contribution >= 4 is 45.2 Å². The minimum absolute atomic E-state index is 0.0913. The van der Waals surface area contributed by atoms with Crippen molar-refractivity contribution in [1.29, 1.82) is 0 Å². The Morgan fingerprint density at radius 1 is 1.27 bits per heavy atom. The summed E-state index contributed by atoms with van der Waals surface area (Å²) in [6.45, 7) is 5.12. The Labute approximate surface area is 196 Å². The minimum Gasteiger partial charge on any atom is -0.492 e. The summed E-state index contributed by atoms with van der Waals surface area (Å²) >= 11 is 1.71. The number of thiophene rings is 1. The zero-order valence-corrected chi connectivity index (χ0v) is 19.6. The van der Waals surface area contributed by atoms with E-state index < -0.39 is 0 Å². The van der Waals surface area contributed by atoms with Gasteiger partial charge in [0.1, 0.15) is 22.7 Å². The van der Waals surface area contributed by atoms with Crippen molar-refractivity contribution in [2.45, 2.75) is 45.6 Å². The average molecular weight is 462 g/mol. The maximum absolute atomic E-state index is 13.0. The number of aromatic nitrogens is 2. The van der Waals surface area contributed by atoms with Crippen molar-refractivity contribution in [2.75, 3.05) is 25.0 Å². The van der Waals surface area contributed by atoms with Crippen molar-refractivity contribution < 1.29 is 9.53 Å². The van der Waals surface area contributed by atoms with E-state index in [0.29, 0.717) is 19.1 Å². The molecule has 1 aromatic carbocycles. The zero-order valence-electron chi connectivity index (χ0n) is 18.8. The zero-order chi connectivity index (χ0) is 22.4. The summed E-state index contributed by atoms with van der Waals surface area (Å²) < 4.78 is 5.93. The van der Waals surface area contributed by atoms with Gasteiger partial charge in [-0.1, -0.05) is 0 Å². The Bertz CT molecular complexity index is 1260. The van der Waals surface area contributed by atoms with Gasteiger partial charge in [0.2, 0.25) is 5.91 Å². The number of likely N-dealkylation sites (tertiary alicyclic amines) is 1. The number of carbonyl (C=O) groups excluding carboxylic acids is 1. The molecular weight excluding hydrogens is 434 g/mol. The molecule has 0 saturated carbocycles. The van der Waals surface area contributed by atoms with E-state index in [-0.39, 0.29) is 5.92 Å². The molecule has 1 fully saturated rings. The Hall–Kier alpha value is -3.00. The molecule has 3 aliphatic rings. The third-order valence-corrected chi connectivity index (χ3v) is 8.06. The second kappa shape index (κ2) is 8.41. The Morgan fingerprint density at radius 3 is 3.00 bits per heavy atom. The van der Waals surface area contributed by atoms with E-state index in [2.05, 4.69) is 37.3 Å². The lowest BCUT2D eigenvalue weighted by atomic mass is 9.87. The first kappa shape index (κ1) is 20.6. The van der Waals surface area contributed by atoms with Gasteiger partial charge in [-0.25, -0.2) is 9.97 Å². The molecule has 2 aromatic heterocycles. The summed E-state index contributed by atoms with van der Waals surface area (Å²) in [7, 11) is 0. The number of aliphatic imine (C=N–C) groups is 1. The van der Waals surface area contributed by atoms with Gasteiger partial charge >= 0.3 is 0 Å². The molecule has 1 amide bonds. The van der Waals surface area contributed by atoms with E-state index in [9.17, 15) is 4.79 Å². The van der Waals surface area contributed by atoms with E-state index >= 15 is 0 Å². The van der Waals surface area contributed by atoms with Crippen molar-refractivity contribution in [3.63, 3.8) is 0 Å². The molecule has 0 radical (unpaired) electrons. The second-order valence-electron chi connectivity index (χ2n) is 8.95. The molecule has 0 spiro atoms. The third kappa shape index (κ3) is 3.66. The monoisotopic (exact) mass is 461 g/mol. The topological polar surface area (TPSA) is 79.7 Å². The quantitative estimate of drug-likeness (QED) is 0.605. The summed E-state index contributed by atoms with van der Waals surface area (Å²) in [4.78, 5) is 30.9. The minimum atomic E-state index is 0.0913. The fourth-order valence-electron chi connectivity index (χ4n) is 5.25. The van der Waals surface area contributed by atoms with Gasteiger partial charge in [0.05, 0.1) is 24.2 Å². The highest BCUT2D eigenvalue weighted by Crippen LogP contribution is 2.42. The van der Waals surface area contributed by atoms with Crippen LogP contribution in [0.4, 0.5) is 11.5 Å². The van der Waals surface area contributed by atoms with E-state index in [1.807, 2.05) is 13.1 Å². The molecule has 3 aromatic rings. The molecule has 8 heteroatoms. The molecule has 0 bridgehead atoms. The molecule has 1 atom stereocenters. The number of aryl methyl sites for hydroxylation is 1. The standard InChI is InChI=1S/C25H27N5O2S/c1-2-32-20-10-17-13-26-12-16(17)9-19(20)29-23-22-18-6-5-15(25(31)30-7-3-4-8-30)11-21(18)33-24(22)28-14-27-23/h9-10,12,14-15H,2-8,11,13H2,1H3,(H,27,28,29). The number of rotatable bonds is 5. The predicted molar refractivity (Wildman–Crippen MR) is 131 cm³/mol. The maximum atomic E-state index is 13.0. The van der Waals surface area contributed by atoms with Gasteiger partial charge < -0.3 is 15.0 Å². The molecule has 1 saturated heterocycles. The highest BCUT2D eigenvalue weighted by molar-refractivity contribution is 7.19. The number of hydrogen-bond acceptors (Lipinski definition) is 7. The Morgan fingerprint density at radius 2 is 2.15 bits per heavy atom. The Balaban J connectivity index is 1.33. The van der Waals surface area contributed by atoms with Crippen LogP contribution in [0, 0.1) is 5.92 Å². The maximum Gasteiger partial charge on any atom is 0.226 e. The fourth-order valence-corrected chi connectivity index (χ4v) is 6.52. The van der Waals surface area contributed by atoms with Crippen LogP contribution >= 0.6 is 11.3 Å². The highest BCUT2D eigenvalue weighted by atomic mass is 32.1. The number of carbonyl (C=O) groups is 1. The average Bonchev–Trinajstić information content (AvgIpc) is 3.58. The van der Waals surface area contributed by atoms with Crippen LogP contribution in [-0.4, -0.2) is 46.7 Å². The van der Waals surface area contributed by atoms with E-state index in [1.54, 1.807) is 17.7 Å². The van der Waals surface area contributed by atoms with Crippen LogP contribution in [0.2, 0.25) is 0 Å². The largest absolute Gasteiger partial charge is 0.492 e. The third-order valence-electron chi connectivity index (χ3n) is 6.90. The number of hydrogen-bond donors (Lipinski definition) is 1. The molecule has 33 heavy (non-hydrogen) atoms. The number of nitrogens with zero attached hydrogens (tertiary/aromatic N) is 4. The summed E-state index contributed by atoms with van der Waals surface area (Å²) in [6, 6.07) is 4.17. The van der Waals surface area contributed by atoms with Crippen LogP contribution in [0.15, 0.2) is 23.5 Å². The second-order valence-corrected chi connectivity index (χ2v) is 10.0. The van der Waals surface area contributed by atoms with E-state index in [1.165, 1.54) is 16.0 Å². The number of nitrogens with one attached hydrogen (secondary N) is 1. The molecular formula is C25H27N5O2S. The van der Waals surface area contributed by atoms with Crippen LogP contribution in [-0.2, 0) is 24.2 Å². The first-order chi connectivity index (χ1) is 16.2. The molecule has 2 aliphatic heterocycles. The lowest BCUT2D eigenvalue weighted by Crippen LogP contribution is -2.36. The number of fused-ring (bicyclic) bond motifs is 4. The van der Waals surface area contributed by atoms with Crippen molar-refractivity contribution in [2.24, 2.45) is 10.9 Å². The van der Waals surface area contributed by atoms with Gasteiger partial charge in [-0.05, 0) is 67.9 Å². The Kier molecular flexibility index (Phi) is 5.25. The number of amides is 1. The summed E-state index contributed by atoms with van der Waals surface area (Å²) in [5.41, 5.74) is 4.48. The molecule has 1 N–H and O–H groups in total. The number of anilines is 2. The van der Waals surface area contributed by atoms with Gasteiger partial charge in [0.15, 0.2) is 0 Å². The summed E-state index contributed by atoms with van der Waals surface area (Å²) in [5, 5.41) is 4.62. The molecule has 7 nitrogen and oxygen atoms in total. The van der Waals surface area contributed by atoms with Crippen LogP contribution in [0.5, 0.6) is 5.75 Å². The molecule has 1 unspecified atom stereocenters. The van der Waals surface area contributed by atoms with Gasteiger partial charge in [-0.2, -0.15) is 0 Å².